The van der Waals surface area contributed by atoms with Crippen LogP contribution in [0.2, 0.25) is 0 Å². The van der Waals surface area contributed by atoms with Gasteiger partial charge in [-0.2, -0.15) is 0 Å². The smallest absolute Gasteiger partial charge is 0.246 e. The Balaban J connectivity index is 1.69. The van der Waals surface area contributed by atoms with Gasteiger partial charge in [-0.05, 0) is 12.1 Å². The third kappa shape index (κ3) is 3.33. The standard InChI is InChI=1S/C20H19F2N5O2/c1-2-14(28)26-7-9-27(10-8-26)19-18-17(23-11-24-19)16(22)15(20(29)25-18)12-5-3-4-6-13(12)21/h2-6,11,20,25,29H,1,7-10H2. The van der Waals surface area contributed by atoms with Crippen LogP contribution < -0.4 is 10.2 Å². The maximum atomic E-state index is 15.3. The van der Waals surface area contributed by atoms with Crippen molar-refractivity contribution >= 4 is 28.8 Å². The number of hydrogen-bond donors (Lipinski definition) is 2. The molecule has 0 saturated carbocycles. The lowest BCUT2D eigenvalue weighted by Crippen LogP contribution is -2.49. The van der Waals surface area contributed by atoms with Gasteiger partial charge in [0.15, 0.2) is 17.9 Å². The zero-order valence-corrected chi connectivity index (χ0v) is 15.5. The lowest BCUT2D eigenvalue weighted by molar-refractivity contribution is -0.126. The molecule has 2 aliphatic rings. The normalized spacial score (nSPS) is 18.9. The van der Waals surface area contributed by atoms with Crippen molar-refractivity contribution in [1.29, 1.82) is 0 Å². The first-order valence-corrected chi connectivity index (χ1v) is 9.12. The SMILES string of the molecule is C=CC(=O)N1CCN(c2ncnc3c2NC(O)C(c2ccccc2F)=C3F)CC1. The van der Waals surface area contributed by atoms with Crippen LogP contribution in [0.3, 0.4) is 0 Å². The van der Waals surface area contributed by atoms with Crippen LogP contribution in [0.4, 0.5) is 20.3 Å². The number of aliphatic hydroxyl groups is 1. The molecule has 1 atom stereocenters. The molecule has 2 aromatic rings. The van der Waals surface area contributed by atoms with Crippen molar-refractivity contribution in [2.75, 3.05) is 36.4 Å². The highest BCUT2D eigenvalue weighted by Crippen LogP contribution is 2.41. The molecule has 7 nitrogen and oxygen atoms in total. The molecule has 9 heteroatoms. The predicted octanol–water partition coefficient (Wildman–Crippen LogP) is 2.03. The van der Waals surface area contributed by atoms with E-state index in [0.717, 1.165) is 0 Å². The number of fused-ring (bicyclic) bond motifs is 1. The Kier molecular flexibility index (Phi) is 4.98. The number of anilines is 2. The third-order valence-corrected chi connectivity index (χ3v) is 5.06. The van der Waals surface area contributed by atoms with Gasteiger partial charge in [-0.3, -0.25) is 4.79 Å². The number of nitrogens with zero attached hydrogens (tertiary/aromatic N) is 4. The van der Waals surface area contributed by atoms with Crippen molar-refractivity contribution in [2.45, 2.75) is 6.23 Å². The van der Waals surface area contributed by atoms with Crippen molar-refractivity contribution in [1.82, 2.24) is 14.9 Å². The molecule has 1 fully saturated rings. The molecule has 2 N–H and O–H groups in total. The van der Waals surface area contributed by atoms with Gasteiger partial charge in [0.1, 0.15) is 23.5 Å². The van der Waals surface area contributed by atoms with Crippen LogP contribution in [0, 0.1) is 5.82 Å². The van der Waals surface area contributed by atoms with E-state index in [-0.39, 0.29) is 28.4 Å². The molecule has 29 heavy (non-hydrogen) atoms. The minimum Gasteiger partial charge on any atom is -0.369 e. The van der Waals surface area contributed by atoms with Crippen molar-refractivity contribution in [3.8, 4) is 0 Å². The summed E-state index contributed by atoms with van der Waals surface area (Å²) in [6.45, 7) is 5.37. The second-order valence-corrected chi connectivity index (χ2v) is 6.69. The van der Waals surface area contributed by atoms with Crippen LogP contribution in [0.15, 0.2) is 43.2 Å². The fraction of sp³-hybridized carbons (Fsp3) is 0.250. The van der Waals surface area contributed by atoms with Crippen molar-refractivity contribution in [3.05, 3.63) is 60.3 Å². The van der Waals surface area contributed by atoms with Gasteiger partial charge in [0.05, 0.1) is 0 Å². The summed E-state index contributed by atoms with van der Waals surface area (Å²) in [5.41, 5.74) is -0.0433. The van der Waals surface area contributed by atoms with E-state index in [1.165, 1.54) is 30.6 Å². The van der Waals surface area contributed by atoms with Gasteiger partial charge in [0.25, 0.3) is 0 Å². The molecule has 0 bridgehead atoms. The number of nitrogens with one attached hydrogen (secondary N) is 1. The Morgan fingerprint density at radius 2 is 1.93 bits per heavy atom. The fourth-order valence-corrected chi connectivity index (χ4v) is 3.58. The second-order valence-electron chi connectivity index (χ2n) is 6.69. The Labute approximate surface area is 166 Å². The van der Waals surface area contributed by atoms with Gasteiger partial charge < -0.3 is 20.2 Å². The average molecular weight is 399 g/mol. The number of carbonyl (C=O) groups is 1. The molecule has 1 aromatic heterocycles. The Bertz CT molecular complexity index is 1000. The third-order valence-electron chi connectivity index (χ3n) is 5.06. The molecular formula is C20H19F2N5O2. The zero-order chi connectivity index (χ0) is 20.5. The second kappa shape index (κ2) is 7.59. The van der Waals surface area contributed by atoms with E-state index in [2.05, 4.69) is 21.9 Å². The number of carbonyl (C=O) groups excluding carboxylic acids is 1. The number of aromatic nitrogens is 2. The molecule has 0 spiro atoms. The molecular weight excluding hydrogens is 380 g/mol. The van der Waals surface area contributed by atoms with Crippen LogP contribution in [-0.2, 0) is 4.79 Å². The maximum Gasteiger partial charge on any atom is 0.246 e. The number of rotatable bonds is 3. The molecule has 0 radical (unpaired) electrons. The van der Waals surface area contributed by atoms with Crippen LogP contribution in [-0.4, -0.2) is 58.3 Å². The van der Waals surface area contributed by atoms with Crippen molar-refractivity contribution in [3.63, 3.8) is 0 Å². The Hall–Kier alpha value is -3.33. The highest BCUT2D eigenvalue weighted by Gasteiger charge is 2.33. The lowest BCUT2D eigenvalue weighted by Gasteiger charge is -2.37. The Morgan fingerprint density at radius 1 is 1.21 bits per heavy atom. The summed E-state index contributed by atoms with van der Waals surface area (Å²) in [5.74, 6) is -1.17. The molecule has 150 valence electrons. The predicted molar refractivity (Wildman–Crippen MR) is 105 cm³/mol. The number of hydrogen-bond acceptors (Lipinski definition) is 6. The molecule has 1 unspecified atom stereocenters. The summed E-state index contributed by atoms with van der Waals surface area (Å²) in [6.07, 6.45) is 1.03. The quantitative estimate of drug-likeness (QED) is 0.769. The number of benzene rings is 1. The molecule has 1 saturated heterocycles. The van der Waals surface area contributed by atoms with Gasteiger partial charge >= 0.3 is 0 Å². The summed E-state index contributed by atoms with van der Waals surface area (Å²) < 4.78 is 29.4. The number of amides is 1. The van der Waals surface area contributed by atoms with Crippen LogP contribution in [0.1, 0.15) is 11.3 Å². The molecule has 0 aliphatic carbocycles. The van der Waals surface area contributed by atoms with E-state index in [1.807, 2.05) is 4.90 Å². The van der Waals surface area contributed by atoms with E-state index in [0.29, 0.717) is 32.0 Å². The first kappa shape index (κ1) is 19.0. The van der Waals surface area contributed by atoms with E-state index in [4.69, 9.17) is 0 Å². The maximum absolute atomic E-state index is 15.3. The minimum atomic E-state index is -1.47. The van der Waals surface area contributed by atoms with Gasteiger partial charge in [-0.15, -0.1) is 0 Å². The summed E-state index contributed by atoms with van der Waals surface area (Å²) in [7, 11) is 0. The first-order chi connectivity index (χ1) is 14.0. The molecule has 3 heterocycles. The van der Waals surface area contributed by atoms with Crippen LogP contribution in [0.5, 0.6) is 0 Å². The topological polar surface area (TPSA) is 81.6 Å². The summed E-state index contributed by atoms with van der Waals surface area (Å²) in [4.78, 5) is 23.6. The molecule has 2 aliphatic heterocycles. The largest absolute Gasteiger partial charge is 0.369 e. The van der Waals surface area contributed by atoms with Gasteiger partial charge in [0, 0.05) is 37.3 Å². The van der Waals surface area contributed by atoms with Crippen LogP contribution >= 0.6 is 0 Å². The lowest BCUT2D eigenvalue weighted by atomic mass is 9.98. The van der Waals surface area contributed by atoms with Crippen LogP contribution in [0.25, 0.3) is 11.4 Å². The number of aliphatic hydroxyl groups excluding tert-OH is 1. The molecule has 1 amide bonds. The fourth-order valence-electron chi connectivity index (χ4n) is 3.58. The summed E-state index contributed by atoms with van der Waals surface area (Å²) >= 11 is 0. The van der Waals surface area contributed by atoms with Crippen molar-refractivity contribution < 1.29 is 18.7 Å². The zero-order valence-electron chi connectivity index (χ0n) is 15.5. The Morgan fingerprint density at radius 3 is 2.62 bits per heavy atom. The van der Waals surface area contributed by atoms with Gasteiger partial charge in [-0.25, -0.2) is 18.7 Å². The summed E-state index contributed by atoms with van der Waals surface area (Å²) in [6, 6.07) is 5.66. The highest BCUT2D eigenvalue weighted by atomic mass is 19.1. The van der Waals surface area contributed by atoms with E-state index < -0.39 is 17.9 Å². The van der Waals surface area contributed by atoms with Gasteiger partial charge in [-0.1, -0.05) is 24.8 Å². The number of piperazine rings is 1. The number of halogens is 2. The van der Waals surface area contributed by atoms with Gasteiger partial charge in [0.2, 0.25) is 5.91 Å². The average Bonchev–Trinajstić information content (AvgIpc) is 2.74. The first-order valence-electron chi connectivity index (χ1n) is 9.12. The van der Waals surface area contributed by atoms with Crippen molar-refractivity contribution in [2.24, 2.45) is 0 Å². The van der Waals surface area contributed by atoms with E-state index >= 15 is 4.39 Å². The van der Waals surface area contributed by atoms with E-state index in [9.17, 15) is 14.3 Å². The molecule has 1 aromatic carbocycles. The highest BCUT2D eigenvalue weighted by molar-refractivity contribution is 5.97. The molecule has 4 rings (SSSR count). The minimum absolute atomic E-state index is 0.0348. The monoisotopic (exact) mass is 399 g/mol. The summed E-state index contributed by atoms with van der Waals surface area (Å²) in [5, 5.41) is 13.3. The van der Waals surface area contributed by atoms with E-state index in [1.54, 1.807) is 11.0 Å².